The Balaban J connectivity index is 2.44. The van der Waals surface area contributed by atoms with Crippen LogP contribution in [-0.4, -0.2) is 17.8 Å². The molecule has 1 aromatic rings. The van der Waals surface area contributed by atoms with E-state index in [0.717, 1.165) is 24.6 Å². The minimum atomic E-state index is -0.448. The Morgan fingerprint density at radius 3 is 2.69 bits per heavy atom. The van der Waals surface area contributed by atoms with Crippen LogP contribution in [0.1, 0.15) is 29.6 Å². The maximum atomic E-state index is 11.1. The van der Waals surface area contributed by atoms with Gasteiger partial charge in [-0.3, -0.25) is 4.79 Å². The first-order valence-electron chi connectivity index (χ1n) is 5.33. The van der Waals surface area contributed by atoms with E-state index >= 15 is 0 Å². The summed E-state index contributed by atoms with van der Waals surface area (Å²) in [5.74, 6) is 0.130. The van der Waals surface area contributed by atoms with Crippen molar-refractivity contribution in [2.45, 2.75) is 19.3 Å². The average molecular weight is 286 g/mol. The second kappa shape index (κ2) is 7.28. The fraction of sp³-hybridized carbons (Fsp3) is 0.417. The number of hydrogen-bond acceptors (Lipinski definition) is 2. The molecule has 0 radical (unpaired) electrons. The lowest BCUT2D eigenvalue weighted by molar-refractivity contribution is 0.0996. The zero-order valence-corrected chi connectivity index (χ0v) is 10.7. The molecular weight excluding hydrogens is 270 g/mol. The summed E-state index contributed by atoms with van der Waals surface area (Å²) < 4.78 is 5.53. The summed E-state index contributed by atoms with van der Waals surface area (Å²) in [6.45, 7) is 0.622. The summed E-state index contributed by atoms with van der Waals surface area (Å²) in [6.07, 6.45) is 3.24. The highest BCUT2D eigenvalue weighted by Crippen LogP contribution is 2.17. The van der Waals surface area contributed by atoms with Crippen LogP contribution in [-0.2, 0) is 0 Å². The van der Waals surface area contributed by atoms with Crippen LogP contribution in [0.4, 0.5) is 0 Å². The third-order valence-corrected chi connectivity index (χ3v) is 2.75. The molecule has 0 saturated carbocycles. The number of alkyl halides is 1. The number of para-hydroxylation sites is 1. The van der Waals surface area contributed by atoms with Gasteiger partial charge < -0.3 is 10.5 Å². The smallest absolute Gasteiger partial charge is 0.252 e. The van der Waals surface area contributed by atoms with Crippen LogP contribution >= 0.6 is 15.9 Å². The molecule has 2 N–H and O–H groups in total. The number of primary amides is 1. The highest BCUT2D eigenvalue weighted by atomic mass is 79.9. The number of hydrogen-bond donors (Lipinski definition) is 1. The first kappa shape index (κ1) is 13.0. The summed E-state index contributed by atoms with van der Waals surface area (Å²) in [5.41, 5.74) is 5.69. The Morgan fingerprint density at radius 2 is 2.00 bits per heavy atom. The van der Waals surface area contributed by atoms with Crippen molar-refractivity contribution in [2.24, 2.45) is 5.73 Å². The maximum absolute atomic E-state index is 11.1. The lowest BCUT2D eigenvalue weighted by Crippen LogP contribution is -2.13. The minimum Gasteiger partial charge on any atom is -0.493 e. The van der Waals surface area contributed by atoms with Crippen molar-refractivity contribution >= 4 is 21.8 Å². The molecule has 0 spiro atoms. The summed E-state index contributed by atoms with van der Waals surface area (Å²) in [6, 6.07) is 7.05. The Kier molecular flexibility index (Phi) is 5.93. The first-order chi connectivity index (χ1) is 7.75. The second-order valence-corrected chi connectivity index (χ2v) is 4.25. The van der Waals surface area contributed by atoms with Crippen LogP contribution in [0.3, 0.4) is 0 Å². The molecule has 16 heavy (non-hydrogen) atoms. The second-order valence-electron chi connectivity index (χ2n) is 3.46. The number of carbonyl (C=O) groups is 1. The molecule has 0 unspecified atom stereocenters. The van der Waals surface area contributed by atoms with Gasteiger partial charge in [-0.25, -0.2) is 0 Å². The van der Waals surface area contributed by atoms with Crippen LogP contribution in [0.25, 0.3) is 0 Å². The number of amides is 1. The number of unbranched alkanes of at least 4 members (excludes halogenated alkanes) is 2. The molecule has 0 aliphatic rings. The zero-order chi connectivity index (χ0) is 11.8. The number of carbonyl (C=O) groups excluding carboxylic acids is 1. The van der Waals surface area contributed by atoms with E-state index in [9.17, 15) is 4.79 Å². The Labute approximate surface area is 104 Å². The molecule has 0 heterocycles. The van der Waals surface area contributed by atoms with Gasteiger partial charge in [0.1, 0.15) is 5.75 Å². The molecule has 0 saturated heterocycles. The molecule has 0 bridgehead atoms. The van der Waals surface area contributed by atoms with Crippen LogP contribution in [0.5, 0.6) is 5.75 Å². The summed E-state index contributed by atoms with van der Waals surface area (Å²) >= 11 is 3.38. The van der Waals surface area contributed by atoms with Crippen LogP contribution in [0.15, 0.2) is 24.3 Å². The number of rotatable bonds is 7. The molecule has 0 aliphatic carbocycles. The SMILES string of the molecule is NC(=O)c1ccccc1OCCCCCBr. The molecule has 0 atom stereocenters. The van der Waals surface area contributed by atoms with Crippen molar-refractivity contribution in [2.75, 3.05) is 11.9 Å². The van der Waals surface area contributed by atoms with Gasteiger partial charge in [0.05, 0.1) is 12.2 Å². The third-order valence-electron chi connectivity index (χ3n) is 2.19. The number of ether oxygens (including phenoxy) is 1. The fourth-order valence-corrected chi connectivity index (χ4v) is 1.75. The number of nitrogens with two attached hydrogens (primary N) is 1. The molecular formula is C12H16BrNO2. The topological polar surface area (TPSA) is 52.3 Å². The summed E-state index contributed by atoms with van der Waals surface area (Å²) in [7, 11) is 0. The van der Waals surface area contributed by atoms with Gasteiger partial charge in [0.15, 0.2) is 0 Å². The van der Waals surface area contributed by atoms with E-state index < -0.39 is 5.91 Å². The van der Waals surface area contributed by atoms with Gasteiger partial charge in [0.2, 0.25) is 0 Å². The van der Waals surface area contributed by atoms with Gasteiger partial charge in [0.25, 0.3) is 5.91 Å². The highest BCUT2D eigenvalue weighted by molar-refractivity contribution is 9.09. The monoisotopic (exact) mass is 285 g/mol. The quantitative estimate of drug-likeness (QED) is 0.619. The predicted octanol–water partition coefficient (Wildman–Crippen LogP) is 2.73. The Hall–Kier alpha value is -1.03. The standard InChI is InChI=1S/C12H16BrNO2/c13-8-4-1-5-9-16-11-7-3-2-6-10(11)12(14)15/h2-3,6-7H,1,4-5,8-9H2,(H2,14,15). The van der Waals surface area contributed by atoms with E-state index in [0.29, 0.717) is 17.9 Å². The molecule has 1 amide bonds. The predicted molar refractivity (Wildman–Crippen MR) is 68.1 cm³/mol. The van der Waals surface area contributed by atoms with Gasteiger partial charge in [-0.1, -0.05) is 28.1 Å². The van der Waals surface area contributed by atoms with Crippen LogP contribution < -0.4 is 10.5 Å². The molecule has 4 heteroatoms. The van der Waals surface area contributed by atoms with E-state index in [4.69, 9.17) is 10.5 Å². The van der Waals surface area contributed by atoms with Crippen LogP contribution in [0.2, 0.25) is 0 Å². The van der Waals surface area contributed by atoms with Crippen molar-refractivity contribution in [3.05, 3.63) is 29.8 Å². The Morgan fingerprint density at radius 1 is 1.25 bits per heavy atom. The van der Waals surface area contributed by atoms with E-state index in [-0.39, 0.29) is 0 Å². The van der Waals surface area contributed by atoms with Gasteiger partial charge >= 0.3 is 0 Å². The van der Waals surface area contributed by atoms with Crippen molar-refractivity contribution < 1.29 is 9.53 Å². The summed E-state index contributed by atoms with van der Waals surface area (Å²) in [5, 5.41) is 1.02. The highest BCUT2D eigenvalue weighted by Gasteiger charge is 2.07. The lowest BCUT2D eigenvalue weighted by atomic mass is 10.2. The van der Waals surface area contributed by atoms with E-state index in [1.807, 2.05) is 6.07 Å². The molecule has 3 nitrogen and oxygen atoms in total. The zero-order valence-electron chi connectivity index (χ0n) is 9.12. The molecule has 0 aromatic heterocycles. The number of benzene rings is 1. The van der Waals surface area contributed by atoms with Crippen molar-refractivity contribution in [1.82, 2.24) is 0 Å². The van der Waals surface area contributed by atoms with E-state index in [2.05, 4.69) is 15.9 Å². The van der Waals surface area contributed by atoms with E-state index in [1.54, 1.807) is 18.2 Å². The van der Waals surface area contributed by atoms with Gasteiger partial charge in [0, 0.05) is 5.33 Å². The Bertz CT molecular complexity index is 342. The fourth-order valence-electron chi connectivity index (χ4n) is 1.35. The van der Waals surface area contributed by atoms with Crippen molar-refractivity contribution in [1.29, 1.82) is 0 Å². The van der Waals surface area contributed by atoms with Gasteiger partial charge in [-0.2, -0.15) is 0 Å². The summed E-state index contributed by atoms with van der Waals surface area (Å²) in [4.78, 5) is 11.1. The minimum absolute atomic E-state index is 0.447. The number of halogens is 1. The van der Waals surface area contributed by atoms with E-state index in [1.165, 1.54) is 0 Å². The molecule has 0 aliphatic heterocycles. The normalized spacial score (nSPS) is 10.1. The van der Waals surface area contributed by atoms with Crippen molar-refractivity contribution in [3.63, 3.8) is 0 Å². The molecule has 1 aromatic carbocycles. The molecule has 0 fully saturated rings. The molecule has 88 valence electrons. The largest absolute Gasteiger partial charge is 0.493 e. The lowest BCUT2D eigenvalue weighted by Gasteiger charge is -2.08. The third kappa shape index (κ3) is 4.23. The first-order valence-corrected chi connectivity index (χ1v) is 6.45. The van der Waals surface area contributed by atoms with Gasteiger partial charge in [-0.15, -0.1) is 0 Å². The molecule has 1 rings (SSSR count). The van der Waals surface area contributed by atoms with Crippen molar-refractivity contribution in [3.8, 4) is 5.75 Å². The van der Waals surface area contributed by atoms with Crippen LogP contribution in [0, 0.1) is 0 Å². The van der Waals surface area contributed by atoms with Gasteiger partial charge in [-0.05, 0) is 31.4 Å². The maximum Gasteiger partial charge on any atom is 0.252 e. The average Bonchev–Trinajstić information content (AvgIpc) is 2.29.